The standard InChI is InChI=1S/C12H22N2OS/c1-4-9(3)6-10(5-2)13-7-11-8-16-12(15)14-11/h8-10,13H,4-7H2,1-3H3,(H,14,15). The third-order valence-electron chi connectivity index (χ3n) is 3.03. The maximum absolute atomic E-state index is 11.0. The van der Waals surface area contributed by atoms with E-state index in [2.05, 4.69) is 31.1 Å². The van der Waals surface area contributed by atoms with Gasteiger partial charge in [-0.3, -0.25) is 4.79 Å². The van der Waals surface area contributed by atoms with Gasteiger partial charge in [0.2, 0.25) is 0 Å². The van der Waals surface area contributed by atoms with Gasteiger partial charge in [0.1, 0.15) is 0 Å². The lowest BCUT2D eigenvalue weighted by atomic mass is 9.98. The zero-order chi connectivity index (χ0) is 12.0. The molecule has 2 N–H and O–H groups in total. The quantitative estimate of drug-likeness (QED) is 0.772. The van der Waals surface area contributed by atoms with E-state index in [0.717, 1.165) is 24.6 Å². The molecule has 1 aromatic rings. The van der Waals surface area contributed by atoms with E-state index < -0.39 is 0 Å². The zero-order valence-electron chi connectivity index (χ0n) is 10.4. The van der Waals surface area contributed by atoms with Crippen LogP contribution in [0.15, 0.2) is 10.2 Å². The Balaban J connectivity index is 2.36. The lowest BCUT2D eigenvalue weighted by Crippen LogP contribution is -2.29. The highest BCUT2D eigenvalue weighted by Crippen LogP contribution is 2.12. The number of aromatic nitrogens is 1. The molecular weight excluding hydrogens is 220 g/mol. The van der Waals surface area contributed by atoms with Crippen molar-refractivity contribution >= 4 is 11.3 Å². The molecule has 0 aromatic carbocycles. The lowest BCUT2D eigenvalue weighted by molar-refractivity contribution is 0.383. The van der Waals surface area contributed by atoms with Crippen molar-refractivity contribution in [3.8, 4) is 0 Å². The van der Waals surface area contributed by atoms with Crippen LogP contribution in [0.5, 0.6) is 0 Å². The molecule has 4 heteroatoms. The summed E-state index contributed by atoms with van der Waals surface area (Å²) >= 11 is 1.23. The van der Waals surface area contributed by atoms with Crippen molar-refractivity contribution in [2.24, 2.45) is 5.92 Å². The van der Waals surface area contributed by atoms with Crippen LogP contribution in [0.1, 0.15) is 45.7 Å². The molecule has 0 aliphatic carbocycles. The normalized spacial score (nSPS) is 14.9. The Hall–Kier alpha value is -0.610. The number of thiazole rings is 1. The van der Waals surface area contributed by atoms with Gasteiger partial charge in [0.15, 0.2) is 0 Å². The molecule has 0 saturated heterocycles. The third kappa shape index (κ3) is 4.49. The fourth-order valence-electron chi connectivity index (χ4n) is 1.70. The first kappa shape index (κ1) is 13.5. The Bertz CT molecular complexity index is 345. The topological polar surface area (TPSA) is 44.9 Å². The molecule has 3 nitrogen and oxygen atoms in total. The van der Waals surface area contributed by atoms with Crippen LogP contribution in [-0.4, -0.2) is 11.0 Å². The molecule has 1 aromatic heterocycles. The zero-order valence-corrected chi connectivity index (χ0v) is 11.2. The second kappa shape index (κ2) is 6.86. The van der Waals surface area contributed by atoms with Gasteiger partial charge in [-0.1, -0.05) is 38.5 Å². The molecule has 0 aliphatic heterocycles. The van der Waals surface area contributed by atoms with Crippen LogP contribution in [-0.2, 0) is 6.54 Å². The minimum atomic E-state index is 0.0341. The van der Waals surface area contributed by atoms with E-state index in [-0.39, 0.29) is 4.87 Å². The molecule has 0 saturated carbocycles. The number of nitrogens with one attached hydrogen (secondary N) is 2. The summed E-state index contributed by atoms with van der Waals surface area (Å²) in [7, 11) is 0. The largest absolute Gasteiger partial charge is 0.315 e. The van der Waals surface area contributed by atoms with Crippen LogP contribution in [0.2, 0.25) is 0 Å². The smallest absolute Gasteiger partial charge is 0.304 e. The van der Waals surface area contributed by atoms with Gasteiger partial charge in [0.25, 0.3) is 0 Å². The van der Waals surface area contributed by atoms with Crippen LogP contribution >= 0.6 is 11.3 Å². The molecule has 2 unspecified atom stereocenters. The van der Waals surface area contributed by atoms with Gasteiger partial charge < -0.3 is 10.3 Å². The highest BCUT2D eigenvalue weighted by atomic mass is 32.1. The molecule has 1 heterocycles. The number of aromatic amines is 1. The minimum Gasteiger partial charge on any atom is -0.315 e. The van der Waals surface area contributed by atoms with Crippen LogP contribution in [0, 0.1) is 5.92 Å². The molecule has 0 radical (unpaired) electrons. The van der Waals surface area contributed by atoms with Crippen molar-refractivity contribution < 1.29 is 0 Å². The van der Waals surface area contributed by atoms with Gasteiger partial charge in [-0.05, 0) is 18.8 Å². The Labute approximate surface area is 101 Å². The molecule has 0 fully saturated rings. The summed E-state index contributed by atoms with van der Waals surface area (Å²) in [6.07, 6.45) is 3.58. The molecule has 0 spiro atoms. The first-order chi connectivity index (χ1) is 7.65. The van der Waals surface area contributed by atoms with E-state index in [9.17, 15) is 4.79 Å². The van der Waals surface area contributed by atoms with E-state index in [1.165, 1.54) is 24.2 Å². The molecule has 2 atom stereocenters. The molecule has 0 amide bonds. The summed E-state index contributed by atoms with van der Waals surface area (Å²) in [4.78, 5) is 13.8. The lowest BCUT2D eigenvalue weighted by Gasteiger charge is -2.19. The predicted octanol–water partition coefficient (Wildman–Crippen LogP) is 2.74. The highest BCUT2D eigenvalue weighted by molar-refractivity contribution is 7.07. The summed E-state index contributed by atoms with van der Waals surface area (Å²) in [5.41, 5.74) is 0.998. The fraction of sp³-hybridized carbons (Fsp3) is 0.750. The SMILES string of the molecule is CCC(C)CC(CC)NCc1csc(=O)[nH]1. The first-order valence-corrected chi connectivity index (χ1v) is 6.93. The van der Waals surface area contributed by atoms with Gasteiger partial charge in [0.05, 0.1) is 0 Å². The van der Waals surface area contributed by atoms with Crippen LogP contribution < -0.4 is 10.2 Å². The molecule has 0 bridgehead atoms. The summed E-state index contributed by atoms with van der Waals surface area (Å²) in [5, 5.41) is 5.39. The number of hydrogen-bond donors (Lipinski definition) is 2. The predicted molar refractivity (Wildman–Crippen MR) is 69.9 cm³/mol. The summed E-state index contributed by atoms with van der Waals surface area (Å²) in [6, 6.07) is 0.554. The van der Waals surface area contributed by atoms with Gasteiger partial charge in [-0.2, -0.15) is 0 Å². The van der Waals surface area contributed by atoms with Gasteiger partial charge in [-0.25, -0.2) is 0 Å². The number of rotatable bonds is 7. The summed E-state index contributed by atoms with van der Waals surface area (Å²) in [6.45, 7) is 7.49. The fourth-order valence-corrected chi connectivity index (χ4v) is 2.28. The highest BCUT2D eigenvalue weighted by Gasteiger charge is 2.10. The summed E-state index contributed by atoms with van der Waals surface area (Å²) < 4.78 is 0. The van der Waals surface area contributed by atoms with E-state index >= 15 is 0 Å². The Morgan fingerprint density at radius 2 is 2.19 bits per heavy atom. The first-order valence-electron chi connectivity index (χ1n) is 6.05. The van der Waals surface area contributed by atoms with E-state index in [1.54, 1.807) is 0 Å². The Kier molecular flexibility index (Phi) is 5.77. The Morgan fingerprint density at radius 1 is 1.44 bits per heavy atom. The third-order valence-corrected chi connectivity index (χ3v) is 3.75. The molecule has 16 heavy (non-hydrogen) atoms. The van der Waals surface area contributed by atoms with Crippen LogP contribution in [0.25, 0.3) is 0 Å². The molecule has 1 rings (SSSR count). The maximum atomic E-state index is 11.0. The van der Waals surface area contributed by atoms with Gasteiger partial charge >= 0.3 is 4.87 Å². The molecule has 0 aliphatic rings. The van der Waals surface area contributed by atoms with Crippen molar-refractivity contribution in [2.75, 3.05) is 0 Å². The van der Waals surface area contributed by atoms with Crippen LogP contribution in [0.3, 0.4) is 0 Å². The van der Waals surface area contributed by atoms with E-state index in [0.29, 0.717) is 6.04 Å². The van der Waals surface area contributed by atoms with Gasteiger partial charge in [-0.15, -0.1) is 0 Å². The van der Waals surface area contributed by atoms with Crippen molar-refractivity contribution in [1.29, 1.82) is 0 Å². The second-order valence-electron chi connectivity index (χ2n) is 4.41. The average molecular weight is 242 g/mol. The average Bonchev–Trinajstić information content (AvgIpc) is 2.69. The minimum absolute atomic E-state index is 0.0341. The maximum Gasteiger partial charge on any atom is 0.304 e. The van der Waals surface area contributed by atoms with Crippen molar-refractivity contribution in [3.05, 3.63) is 20.7 Å². The van der Waals surface area contributed by atoms with Crippen molar-refractivity contribution in [3.63, 3.8) is 0 Å². The monoisotopic (exact) mass is 242 g/mol. The van der Waals surface area contributed by atoms with Gasteiger partial charge in [0, 0.05) is 23.7 Å². The van der Waals surface area contributed by atoms with Crippen LogP contribution in [0.4, 0.5) is 0 Å². The number of H-pyrrole nitrogens is 1. The number of hydrogen-bond acceptors (Lipinski definition) is 3. The van der Waals surface area contributed by atoms with Crippen molar-refractivity contribution in [1.82, 2.24) is 10.3 Å². The van der Waals surface area contributed by atoms with E-state index in [1.807, 2.05) is 5.38 Å². The summed E-state index contributed by atoms with van der Waals surface area (Å²) in [5.74, 6) is 0.763. The molecule has 92 valence electrons. The Morgan fingerprint density at radius 3 is 2.69 bits per heavy atom. The molecular formula is C12H22N2OS. The second-order valence-corrected chi connectivity index (χ2v) is 5.25. The van der Waals surface area contributed by atoms with Crippen molar-refractivity contribution in [2.45, 2.75) is 52.6 Å². The van der Waals surface area contributed by atoms with E-state index in [4.69, 9.17) is 0 Å².